The number of ether oxygens (including phenoxy) is 1. The van der Waals surface area contributed by atoms with Crippen molar-refractivity contribution >= 4 is 28.9 Å². The molecule has 0 aromatic heterocycles. The summed E-state index contributed by atoms with van der Waals surface area (Å²) in [6.45, 7) is 0.519. The maximum atomic E-state index is 13.5. The van der Waals surface area contributed by atoms with E-state index in [2.05, 4.69) is 11.2 Å². The molecular weight excluding hydrogens is 430 g/mol. The first-order valence-electron chi connectivity index (χ1n) is 11.0. The molecule has 1 atom stereocenters. The molecule has 2 N–H and O–H groups in total. The number of ketones is 1. The van der Waals surface area contributed by atoms with Crippen LogP contribution < -0.4 is 10.1 Å². The molecule has 5 heteroatoms. The molecule has 4 nitrogen and oxygen atoms in total. The number of terminal acetylenes is 1. The lowest BCUT2D eigenvalue weighted by Crippen LogP contribution is -2.08. The number of Topliss-reactive ketones (excluding diaryl/α,β-unsaturated/α-hetero) is 1. The maximum Gasteiger partial charge on any atom is 0.193 e. The minimum atomic E-state index is -0.299. The van der Waals surface area contributed by atoms with Crippen LogP contribution in [0.15, 0.2) is 77.2 Å². The van der Waals surface area contributed by atoms with Crippen LogP contribution in [0.1, 0.15) is 46.0 Å². The topological polar surface area (TPSA) is 58.6 Å². The first-order chi connectivity index (χ1) is 16.2. The third-order valence-corrected chi connectivity index (χ3v) is 7.16. The van der Waals surface area contributed by atoms with Crippen LogP contribution in [-0.4, -0.2) is 17.5 Å². The second kappa shape index (κ2) is 9.09. The zero-order valence-electron chi connectivity index (χ0n) is 18.0. The maximum absolute atomic E-state index is 13.5. The van der Waals surface area contributed by atoms with Gasteiger partial charge in [0.25, 0.3) is 0 Å². The molecule has 5 rings (SSSR count). The van der Waals surface area contributed by atoms with Crippen molar-refractivity contribution in [3.05, 3.63) is 89.0 Å². The number of carbonyl (C=O) groups excluding carboxylic acids is 1. The summed E-state index contributed by atoms with van der Waals surface area (Å²) in [5.74, 6) is 3.34. The molecule has 0 radical (unpaired) electrons. The van der Waals surface area contributed by atoms with E-state index in [1.54, 1.807) is 23.9 Å². The third-order valence-electron chi connectivity index (χ3n) is 5.81. The predicted molar refractivity (Wildman–Crippen MR) is 133 cm³/mol. The van der Waals surface area contributed by atoms with Crippen molar-refractivity contribution in [2.75, 3.05) is 11.9 Å². The molecule has 0 saturated heterocycles. The highest BCUT2D eigenvalue weighted by Gasteiger charge is 2.38. The highest BCUT2D eigenvalue weighted by atomic mass is 32.2. The molecule has 2 aliphatic rings. The second-order valence-corrected chi connectivity index (χ2v) is 9.20. The number of rotatable bonds is 6. The first-order valence-corrected chi connectivity index (χ1v) is 11.8. The Kier molecular flexibility index (Phi) is 5.85. The van der Waals surface area contributed by atoms with E-state index in [9.17, 15) is 9.90 Å². The molecule has 1 unspecified atom stereocenters. The summed E-state index contributed by atoms with van der Waals surface area (Å²) in [6, 6.07) is 21.0. The van der Waals surface area contributed by atoms with E-state index in [0.29, 0.717) is 23.5 Å². The molecule has 164 valence electrons. The number of phenols is 1. The van der Waals surface area contributed by atoms with E-state index in [-0.39, 0.29) is 16.8 Å². The van der Waals surface area contributed by atoms with Crippen LogP contribution in [0, 0.1) is 12.3 Å². The molecule has 1 aliphatic heterocycles. The summed E-state index contributed by atoms with van der Waals surface area (Å²) in [4.78, 5) is 14.6. The van der Waals surface area contributed by atoms with Crippen molar-refractivity contribution in [1.29, 1.82) is 0 Å². The summed E-state index contributed by atoms with van der Waals surface area (Å²) in [5, 5.41) is 13.7. The Hall–Kier alpha value is -3.62. The van der Waals surface area contributed by atoms with Crippen molar-refractivity contribution in [3.8, 4) is 23.8 Å². The molecule has 0 fully saturated rings. The summed E-state index contributed by atoms with van der Waals surface area (Å²) >= 11 is 1.60. The Morgan fingerprint density at radius 3 is 2.67 bits per heavy atom. The Bertz CT molecular complexity index is 1300. The lowest BCUT2D eigenvalue weighted by atomic mass is 10.00. The number of hydrogen-bond acceptors (Lipinski definition) is 5. The Labute approximate surface area is 197 Å². The van der Waals surface area contributed by atoms with Gasteiger partial charge in [0.15, 0.2) is 5.78 Å². The number of benzene rings is 3. The van der Waals surface area contributed by atoms with Crippen LogP contribution in [0.25, 0.3) is 5.70 Å². The van der Waals surface area contributed by atoms with Gasteiger partial charge >= 0.3 is 0 Å². The minimum Gasteiger partial charge on any atom is -0.508 e. The van der Waals surface area contributed by atoms with Crippen LogP contribution >= 0.6 is 11.8 Å². The van der Waals surface area contributed by atoms with Crippen LogP contribution in [0.5, 0.6) is 11.5 Å². The van der Waals surface area contributed by atoms with Crippen molar-refractivity contribution in [3.63, 3.8) is 0 Å². The van der Waals surface area contributed by atoms with Crippen LogP contribution in [-0.2, 0) is 0 Å². The van der Waals surface area contributed by atoms with E-state index >= 15 is 0 Å². The molecule has 3 aromatic rings. The summed E-state index contributed by atoms with van der Waals surface area (Å²) in [6.07, 6.45) is 7.77. The van der Waals surface area contributed by atoms with Gasteiger partial charge in [-0.05, 0) is 42.7 Å². The fourth-order valence-corrected chi connectivity index (χ4v) is 5.55. The van der Waals surface area contributed by atoms with Gasteiger partial charge in [-0.15, -0.1) is 24.1 Å². The number of unbranched alkanes of at least 4 members (excludes halogenated alkanes) is 2. The van der Waals surface area contributed by atoms with Crippen LogP contribution in [0.4, 0.5) is 5.69 Å². The Balaban J connectivity index is 1.55. The van der Waals surface area contributed by atoms with Gasteiger partial charge in [-0.1, -0.05) is 36.4 Å². The van der Waals surface area contributed by atoms with Crippen molar-refractivity contribution in [2.24, 2.45) is 0 Å². The summed E-state index contributed by atoms with van der Waals surface area (Å²) in [7, 11) is 0. The average Bonchev–Trinajstić information content (AvgIpc) is 2.98. The number of phenolic OH excluding ortho intramolecular Hbond substituents is 1. The lowest BCUT2D eigenvalue weighted by molar-refractivity contribution is 0.103. The van der Waals surface area contributed by atoms with Gasteiger partial charge < -0.3 is 15.2 Å². The molecule has 0 amide bonds. The predicted octanol–water partition coefficient (Wildman–Crippen LogP) is 6.44. The van der Waals surface area contributed by atoms with Crippen LogP contribution in [0.3, 0.4) is 0 Å². The Morgan fingerprint density at radius 1 is 1.03 bits per heavy atom. The smallest absolute Gasteiger partial charge is 0.193 e. The number of hydrogen-bond donors (Lipinski definition) is 2. The Morgan fingerprint density at radius 2 is 1.82 bits per heavy atom. The molecule has 1 heterocycles. The lowest BCUT2D eigenvalue weighted by Gasteiger charge is -2.19. The SMILES string of the molecule is C#CCCCCOc1cc(O)cc(C2Sc3ccccc3NC3=C2C(=O)c2ccccc23)c1. The molecular formula is C28H23NO3S. The molecule has 1 aliphatic carbocycles. The number of fused-ring (bicyclic) bond motifs is 3. The number of thioether (sulfide) groups is 1. The van der Waals surface area contributed by atoms with Gasteiger partial charge in [0.05, 0.1) is 23.2 Å². The average molecular weight is 454 g/mol. The van der Waals surface area contributed by atoms with E-state index in [4.69, 9.17) is 11.2 Å². The monoisotopic (exact) mass is 453 g/mol. The van der Waals surface area contributed by atoms with Gasteiger partial charge in [0.1, 0.15) is 11.5 Å². The van der Waals surface area contributed by atoms with Crippen molar-refractivity contribution in [2.45, 2.75) is 29.4 Å². The van der Waals surface area contributed by atoms with Gasteiger partial charge in [-0.3, -0.25) is 4.79 Å². The second-order valence-electron chi connectivity index (χ2n) is 8.05. The minimum absolute atomic E-state index is 0.0125. The van der Waals surface area contributed by atoms with Crippen LogP contribution in [0.2, 0.25) is 0 Å². The highest BCUT2D eigenvalue weighted by molar-refractivity contribution is 8.00. The normalized spacial score (nSPS) is 16.2. The summed E-state index contributed by atoms with van der Waals surface area (Å²) < 4.78 is 5.91. The standard InChI is InChI=1S/C28H23NO3S/c1-2-3-4-9-14-32-20-16-18(15-19(30)17-20)28-25-26(21-10-5-6-11-22(21)27(25)31)29-23-12-7-8-13-24(23)33-28/h1,5-8,10-13,15-17,28-30H,3-4,9,14H2. The fourth-order valence-electron chi connectivity index (χ4n) is 4.28. The number of aromatic hydroxyl groups is 1. The zero-order chi connectivity index (χ0) is 22.8. The quantitative estimate of drug-likeness (QED) is 0.332. The molecule has 0 bridgehead atoms. The van der Waals surface area contributed by atoms with Gasteiger partial charge in [-0.25, -0.2) is 0 Å². The molecule has 0 spiro atoms. The van der Waals surface area contributed by atoms with Crippen molar-refractivity contribution in [1.82, 2.24) is 0 Å². The number of nitrogens with one attached hydrogen (secondary N) is 1. The van der Waals surface area contributed by atoms with Gasteiger partial charge in [-0.2, -0.15) is 0 Å². The van der Waals surface area contributed by atoms with Crippen molar-refractivity contribution < 1.29 is 14.6 Å². The molecule has 3 aromatic carbocycles. The largest absolute Gasteiger partial charge is 0.508 e. The van der Waals surface area contributed by atoms with Gasteiger partial charge in [0, 0.05) is 34.1 Å². The zero-order valence-corrected chi connectivity index (χ0v) is 18.8. The number of anilines is 1. The number of para-hydroxylation sites is 1. The first kappa shape index (κ1) is 21.2. The number of carbonyl (C=O) groups is 1. The highest BCUT2D eigenvalue weighted by Crippen LogP contribution is 2.53. The summed E-state index contributed by atoms with van der Waals surface area (Å²) in [5.41, 5.74) is 4.93. The van der Waals surface area contributed by atoms with E-state index < -0.39 is 0 Å². The third kappa shape index (κ3) is 4.10. The van der Waals surface area contributed by atoms with Gasteiger partial charge in [0.2, 0.25) is 0 Å². The molecule has 0 saturated carbocycles. The fraction of sp³-hybridized carbons (Fsp3) is 0.179. The van der Waals surface area contributed by atoms with E-state index in [1.807, 2.05) is 54.6 Å². The van der Waals surface area contributed by atoms with E-state index in [0.717, 1.165) is 46.7 Å². The molecule has 33 heavy (non-hydrogen) atoms. The van der Waals surface area contributed by atoms with E-state index in [1.165, 1.54) is 0 Å².